The van der Waals surface area contributed by atoms with Gasteiger partial charge >= 0.3 is 0 Å². The van der Waals surface area contributed by atoms with E-state index in [9.17, 15) is 0 Å². The number of para-hydroxylation sites is 2. The van der Waals surface area contributed by atoms with E-state index in [1.807, 2.05) is 0 Å². The molecule has 1 unspecified atom stereocenters. The number of rotatable bonds is 2. The van der Waals surface area contributed by atoms with E-state index in [1.54, 1.807) is 0 Å². The van der Waals surface area contributed by atoms with Crippen LogP contribution in [0, 0.1) is 5.92 Å². The summed E-state index contributed by atoms with van der Waals surface area (Å²) in [4.78, 5) is 2.54. The van der Waals surface area contributed by atoms with Gasteiger partial charge in [-0.2, -0.15) is 0 Å². The summed E-state index contributed by atoms with van der Waals surface area (Å²) in [5.41, 5.74) is 1.27. The molecular formula is C15H22N2O. The Balaban J connectivity index is 1.77. The highest BCUT2D eigenvalue weighted by Gasteiger charge is 2.26. The third-order valence-corrected chi connectivity index (χ3v) is 4.10. The van der Waals surface area contributed by atoms with Gasteiger partial charge in [-0.1, -0.05) is 12.1 Å². The zero-order valence-electron chi connectivity index (χ0n) is 11.1. The molecule has 1 fully saturated rings. The Morgan fingerprint density at radius 3 is 2.89 bits per heavy atom. The summed E-state index contributed by atoms with van der Waals surface area (Å²) in [5, 5.41) is 3.44. The molecule has 0 spiro atoms. The lowest BCUT2D eigenvalue weighted by molar-refractivity contribution is 0.258. The molecule has 0 aliphatic carbocycles. The van der Waals surface area contributed by atoms with Crippen LogP contribution in [0.3, 0.4) is 0 Å². The number of piperidine rings is 1. The van der Waals surface area contributed by atoms with Gasteiger partial charge in [0.05, 0.1) is 11.7 Å². The number of fused-ring (bicyclic) bond motifs is 1. The van der Waals surface area contributed by atoms with Gasteiger partial charge in [0.1, 0.15) is 12.4 Å². The molecule has 0 amide bonds. The van der Waals surface area contributed by atoms with Crippen molar-refractivity contribution in [3.63, 3.8) is 0 Å². The molecule has 1 atom stereocenters. The number of anilines is 1. The predicted molar refractivity (Wildman–Crippen MR) is 74.3 cm³/mol. The van der Waals surface area contributed by atoms with Gasteiger partial charge in [-0.3, -0.25) is 0 Å². The minimum Gasteiger partial charge on any atom is -0.489 e. The SMILES string of the molecule is CC1COc2ccccc2N1CC1CCNCC1. The second-order valence-corrected chi connectivity index (χ2v) is 5.47. The highest BCUT2D eigenvalue weighted by Crippen LogP contribution is 2.34. The van der Waals surface area contributed by atoms with Crippen molar-refractivity contribution < 1.29 is 4.74 Å². The first kappa shape index (κ1) is 11.8. The Morgan fingerprint density at radius 2 is 2.06 bits per heavy atom. The monoisotopic (exact) mass is 246 g/mol. The third kappa shape index (κ3) is 2.32. The average molecular weight is 246 g/mol. The maximum atomic E-state index is 5.80. The molecule has 98 valence electrons. The van der Waals surface area contributed by atoms with Crippen LogP contribution in [0.2, 0.25) is 0 Å². The van der Waals surface area contributed by atoms with Gasteiger partial charge in [-0.25, -0.2) is 0 Å². The van der Waals surface area contributed by atoms with Crippen molar-refractivity contribution in [2.45, 2.75) is 25.8 Å². The topological polar surface area (TPSA) is 24.5 Å². The fraction of sp³-hybridized carbons (Fsp3) is 0.600. The van der Waals surface area contributed by atoms with E-state index in [2.05, 4.69) is 41.4 Å². The number of hydrogen-bond donors (Lipinski definition) is 1. The van der Waals surface area contributed by atoms with Crippen molar-refractivity contribution >= 4 is 5.69 Å². The Bertz CT molecular complexity index is 401. The second-order valence-electron chi connectivity index (χ2n) is 5.47. The van der Waals surface area contributed by atoms with Gasteiger partial charge in [0.2, 0.25) is 0 Å². The fourth-order valence-electron chi connectivity index (χ4n) is 2.98. The Hall–Kier alpha value is -1.22. The summed E-state index contributed by atoms with van der Waals surface area (Å²) in [5.74, 6) is 1.87. The van der Waals surface area contributed by atoms with Crippen LogP contribution < -0.4 is 15.0 Å². The normalized spacial score (nSPS) is 24.5. The molecule has 0 bridgehead atoms. The molecule has 0 radical (unpaired) electrons. The van der Waals surface area contributed by atoms with E-state index >= 15 is 0 Å². The van der Waals surface area contributed by atoms with Crippen LogP contribution >= 0.6 is 0 Å². The smallest absolute Gasteiger partial charge is 0.142 e. The molecule has 3 rings (SSSR count). The van der Waals surface area contributed by atoms with Crippen molar-refractivity contribution in [3.8, 4) is 5.75 Å². The molecule has 3 nitrogen and oxygen atoms in total. The fourth-order valence-corrected chi connectivity index (χ4v) is 2.98. The molecule has 1 saturated heterocycles. The maximum Gasteiger partial charge on any atom is 0.142 e. The van der Waals surface area contributed by atoms with Gasteiger partial charge in [0.15, 0.2) is 0 Å². The van der Waals surface area contributed by atoms with Crippen molar-refractivity contribution in [1.82, 2.24) is 5.32 Å². The first-order chi connectivity index (χ1) is 8.84. The van der Waals surface area contributed by atoms with E-state index in [1.165, 1.54) is 38.2 Å². The zero-order chi connectivity index (χ0) is 12.4. The lowest BCUT2D eigenvalue weighted by Gasteiger charge is -2.39. The molecule has 2 aliphatic rings. The van der Waals surface area contributed by atoms with Gasteiger partial charge in [0, 0.05) is 6.54 Å². The van der Waals surface area contributed by atoms with E-state index in [-0.39, 0.29) is 0 Å². The molecule has 0 aromatic heterocycles. The maximum absolute atomic E-state index is 5.80. The van der Waals surface area contributed by atoms with Crippen LogP contribution in [0.25, 0.3) is 0 Å². The molecule has 0 saturated carbocycles. The summed E-state index contributed by atoms with van der Waals surface area (Å²) in [6, 6.07) is 8.91. The summed E-state index contributed by atoms with van der Waals surface area (Å²) >= 11 is 0. The number of hydrogen-bond acceptors (Lipinski definition) is 3. The Labute approximate surface area is 109 Å². The number of nitrogens with one attached hydrogen (secondary N) is 1. The molecule has 1 aromatic carbocycles. The highest BCUT2D eigenvalue weighted by atomic mass is 16.5. The van der Waals surface area contributed by atoms with Crippen LogP contribution in [0.5, 0.6) is 5.75 Å². The summed E-state index contributed by atoms with van der Waals surface area (Å²) in [6.07, 6.45) is 2.60. The standard InChI is InChI=1S/C15H22N2O/c1-12-11-18-15-5-3-2-4-14(15)17(12)10-13-6-8-16-9-7-13/h2-5,12-13,16H,6-11H2,1H3. The molecule has 2 heterocycles. The largest absolute Gasteiger partial charge is 0.489 e. The van der Waals surface area contributed by atoms with Crippen LogP contribution in [0.4, 0.5) is 5.69 Å². The quantitative estimate of drug-likeness (QED) is 0.866. The van der Waals surface area contributed by atoms with Crippen molar-refractivity contribution in [3.05, 3.63) is 24.3 Å². The van der Waals surface area contributed by atoms with Crippen LogP contribution in [0.15, 0.2) is 24.3 Å². The van der Waals surface area contributed by atoms with Gasteiger partial charge in [-0.15, -0.1) is 0 Å². The molecule has 18 heavy (non-hydrogen) atoms. The van der Waals surface area contributed by atoms with Gasteiger partial charge < -0.3 is 15.0 Å². The lowest BCUT2D eigenvalue weighted by Crippen LogP contribution is -2.45. The number of ether oxygens (including phenoxy) is 1. The number of nitrogens with zero attached hydrogens (tertiary/aromatic N) is 1. The Kier molecular flexibility index (Phi) is 3.41. The van der Waals surface area contributed by atoms with Crippen molar-refractivity contribution in [2.75, 3.05) is 31.1 Å². The Morgan fingerprint density at radius 1 is 1.28 bits per heavy atom. The lowest BCUT2D eigenvalue weighted by atomic mass is 9.96. The highest BCUT2D eigenvalue weighted by molar-refractivity contribution is 5.60. The van der Waals surface area contributed by atoms with Crippen molar-refractivity contribution in [2.24, 2.45) is 5.92 Å². The summed E-state index contributed by atoms with van der Waals surface area (Å²) in [7, 11) is 0. The molecule has 1 aromatic rings. The van der Waals surface area contributed by atoms with Crippen molar-refractivity contribution in [1.29, 1.82) is 0 Å². The van der Waals surface area contributed by atoms with Gasteiger partial charge in [0.25, 0.3) is 0 Å². The minimum absolute atomic E-state index is 0.481. The second kappa shape index (κ2) is 5.19. The first-order valence-corrected chi connectivity index (χ1v) is 7.04. The van der Waals surface area contributed by atoms with Crippen LogP contribution in [0.1, 0.15) is 19.8 Å². The molecule has 3 heteroatoms. The predicted octanol–water partition coefficient (Wildman–Crippen LogP) is 2.27. The number of benzene rings is 1. The third-order valence-electron chi connectivity index (χ3n) is 4.10. The minimum atomic E-state index is 0.481. The molecule has 1 N–H and O–H groups in total. The van der Waals surface area contributed by atoms with E-state index in [0.29, 0.717) is 6.04 Å². The molecular weight excluding hydrogens is 224 g/mol. The van der Waals surface area contributed by atoms with Crippen LogP contribution in [-0.4, -0.2) is 32.3 Å². The van der Waals surface area contributed by atoms with E-state index in [4.69, 9.17) is 4.74 Å². The van der Waals surface area contributed by atoms with E-state index in [0.717, 1.165) is 18.3 Å². The van der Waals surface area contributed by atoms with E-state index < -0.39 is 0 Å². The molecule has 2 aliphatic heterocycles. The first-order valence-electron chi connectivity index (χ1n) is 7.04. The summed E-state index contributed by atoms with van der Waals surface area (Å²) in [6.45, 7) is 6.58. The zero-order valence-corrected chi connectivity index (χ0v) is 11.1. The summed E-state index contributed by atoms with van der Waals surface area (Å²) < 4.78 is 5.80. The average Bonchev–Trinajstić information content (AvgIpc) is 2.43. The van der Waals surface area contributed by atoms with Gasteiger partial charge in [-0.05, 0) is 50.9 Å². The van der Waals surface area contributed by atoms with Crippen LogP contribution in [-0.2, 0) is 0 Å².